The van der Waals surface area contributed by atoms with Crippen molar-refractivity contribution < 1.29 is 34.1 Å². The zero-order valence-electron chi connectivity index (χ0n) is 15.5. The Labute approximate surface area is 152 Å². The van der Waals surface area contributed by atoms with Crippen LogP contribution in [0.25, 0.3) is 0 Å². The van der Waals surface area contributed by atoms with Crippen LogP contribution in [0, 0.1) is 0 Å². The Kier molecular flexibility index (Phi) is 7.09. The van der Waals surface area contributed by atoms with Gasteiger partial charge in [0.05, 0.1) is 0 Å². The monoisotopic (exact) mass is 364 g/mol. The summed E-state index contributed by atoms with van der Waals surface area (Å²) in [7, 11) is 0. The standard InChI is InChI=1S/C19H24O7/c1-11(10-25-18(23)13(3)12(2)17(21)22)26-15-8-6-14(7-9-15)16(20)19(4,5)24/h6-9,11,24H,10H2,1-5H3,(H,21,22)/b13-12-. The van der Waals surface area contributed by atoms with Crippen LogP contribution in [0.2, 0.25) is 0 Å². The van der Waals surface area contributed by atoms with Gasteiger partial charge in [-0.05, 0) is 58.9 Å². The lowest BCUT2D eigenvalue weighted by molar-refractivity contribution is -0.142. The second-order valence-corrected chi connectivity index (χ2v) is 6.49. The normalized spacial score (nSPS) is 13.5. The Morgan fingerprint density at radius 1 is 1.08 bits per heavy atom. The molecular weight excluding hydrogens is 340 g/mol. The Balaban J connectivity index is 2.62. The molecule has 26 heavy (non-hydrogen) atoms. The van der Waals surface area contributed by atoms with Crippen LogP contribution in [0.1, 0.15) is 45.0 Å². The molecule has 0 aromatic heterocycles. The largest absolute Gasteiger partial charge is 0.487 e. The number of ketones is 1. The van der Waals surface area contributed by atoms with E-state index in [1.54, 1.807) is 19.1 Å². The quantitative estimate of drug-likeness (QED) is 0.414. The first-order chi connectivity index (χ1) is 11.9. The van der Waals surface area contributed by atoms with E-state index in [0.717, 1.165) is 0 Å². The third-order valence-electron chi connectivity index (χ3n) is 3.65. The molecule has 1 aromatic rings. The van der Waals surface area contributed by atoms with E-state index in [0.29, 0.717) is 11.3 Å². The van der Waals surface area contributed by atoms with Gasteiger partial charge in [-0.15, -0.1) is 0 Å². The van der Waals surface area contributed by atoms with Crippen molar-refractivity contribution in [3.63, 3.8) is 0 Å². The van der Waals surface area contributed by atoms with Gasteiger partial charge in [0.15, 0.2) is 5.78 Å². The van der Waals surface area contributed by atoms with E-state index in [1.807, 2.05) is 0 Å². The van der Waals surface area contributed by atoms with E-state index >= 15 is 0 Å². The highest BCUT2D eigenvalue weighted by molar-refractivity contribution is 6.01. The van der Waals surface area contributed by atoms with Crippen LogP contribution in [0.5, 0.6) is 5.75 Å². The third-order valence-corrected chi connectivity index (χ3v) is 3.65. The van der Waals surface area contributed by atoms with Crippen molar-refractivity contribution in [2.75, 3.05) is 6.61 Å². The van der Waals surface area contributed by atoms with E-state index in [1.165, 1.54) is 39.8 Å². The van der Waals surface area contributed by atoms with E-state index < -0.39 is 29.4 Å². The van der Waals surface area contributed by atoms with Gasteiger partial charge in [-0.1, -0.05) is 0 Å². The lowest BCUT2D eigenvalue weighted by Gasteiger charge is -2.17. The maximum Gasteiger partial charge on any atom is 0.334 e. The average molecular weight is 364 g/mol. The SMILES string of the molecule is C/C(C(=O)O)=C(\C)C(=O)OCC(C)Oc1ccc(C(=O)C(C)(C)O)cc1. The van der Waals surface area contributed by atoms with E-state index in [-0.39, 0.29) is 17.8 Å². The molecule has 0 aliphatic carbocycles. The summed E-state index contributed by atoms with van der Waals surface area (Å²) in [5.41, 5.74) is -1.15. The molecule has 0 fully saturated rings. The number of carbonyl (C=O) groups excluding carboxylic acids is 2. The van der Waals surface area contributed by atoms with Gasteiger partial charge in [0, 0.05) is 16.7 Å². The minimum absolute atomic E-state index is 0.0270. The third kappa shape index (κ3) is 6.00. The smallest absolute Gasteiger partial charge is 0.334 e. The van der Waals surface area contributed by atoms with Crippen molar-refractivity contribution in [2.24, 2.45) is 0 Å². The highest BCUT2D eigenvalue weighted by Gasteiger charge is 2.25. The number of carbonyl (C=O) groups is 3. The molecule has 142 valence electrons. The summed E-state index contributed by atoms with van der Waals surface area (Å²) in [5, 5.41) is 18.6. The molecule has 0 bridgehead atoms. The fourth-order valence-electron chi connectivity index (χ4n) is 1.92. The van der Waals surface area contributed by atoms with Crippen molar-refractivity contribution in [3.05, 3.63) is 41.0 Å². The molecule has 1 unspecified atom stereocenters. The van der Waals surface area contributed by atoms with E-state index in [4.69, 9.17) is 14.6 Å². The summed E-state index contributed by atoms with van der Waals surface area (Å²) in [6, 6.07) is 6.24. The minimum Gasteiger partial charge on any atom is -0.487 e. The molecule has 0 saturated carbocycles. The van der Waals surface area contributed by atoms with Crippen molar-refractivity contribution in [1.29, 1.82) is 0 Å². The van der Waals surface area contributed by atoms with Crippen molar-refractivity contribution in [3.8, 4) is 5.75 Å². The van der Waals surface area contributed by atoms with Gasteiger partial charge in [-0.3, -0.25) is 4.79 Å². The van der Waals surface area contributed by atoms with Crippen LogP contribution in [-0.2, 0) is 14.3 Å². The number of Topliss-reactive ketones (excluding diaryl/α,β-unsaturated/α-hetero) is 1. The Bertz CT molecular complexity index is 708. The molecule has 0 heterocycles. The summed E-state index contributed by atoms with van der Waals surface area (Å²) in [6.07, 6.45) is -0.479. The number of benzene rings is 1. The number of hydrogen-bond acceptors (Lipinski definition) is 6. The van der Waals surface area contributed by atoms with Gasteiger partial charge in [-0.2, -0.15) is 0 Å². The van der Waals surface area contributed by atoms with E-state index in [2.05, 4.69) is 0 Å². The fraction of sp³-hybridized carbons (Fsp3) is 0.421. The molecular formula is C19H24O7. The number of esters is 1. The number of aliphatic hydroxyl groups is 1. The first-order valence-corrected chi connectivity index (χ1v) is 8.05. The molecule has 2 N–H and O–H groups in total. The molecule has 0 aliphatic rings. The number of aliphatic carboxylic acids is 1. The summed E-state index contributed by atoms with van der Waals surface area (Å²) in [6.45, 7) is 7.17. The maximum atomic E-state index is 11.9. The molecule has 0 radical (unpaired) electrons. The van der Waals surface area contributed by atoms with Gasteiger partial charge in [0.2, 0.25) is 0 Å². The van der Waals surface area contributed by atoms with Crippen LogP contribution >= 0.6 is 0 Å². The van der Waals surface area contributed by atoms with Crippen LogP contribution in [0.15, 0.2) is 35.4 Å². The van der Waals surface area contributed by atoms with Gasteiger partial charge in [0.25, 0.3) is 0 Å². The lowest BCUT2D eigenvalue weighted by atomic mass is 9.97. The van der Waals surface area contributed by atoms with Crippen LogP contribution in [-0.4, -0.2) is 46.2 Å². The Hall–Kier alpha value is -2.67. The van der Waals surface area contributed by atoms with Crippen molar-refractivity contribution in [1.82, 2.24) is 0 Å². The first-order valence-electron chi connectivity index (χ1n) is 8.05. The van der Waals surface area contributed by atoms with Gasteiger partial charge < -0.3 is 19.7 Å². The lowest BCUT2D eigenvalue weighted by Crippen LogP contribution is -2.31. The Morgan fingerprint density at radius 3 is 2.08 bits per heavy atom. The zero-order valence-corrected chi connectivity index (χ0v) is 15.5. The summed E-state index contributed by atoms with van der Waals surface area (Å²) in [5.74, 6) is -1.83. The number of rotatable bonds is 8. The molecule has 0 amide bonds. The predicted molar refractivity (Wildman–Crippen MR) is 94.1 cm³/mol. The highest BCUT2D eigenvalue weighted by Crippen LogP contribution is 2.18. The van der Waals surface area contributed by atoms with Crippen molar-refractivity contribution in [2.45, 2.75) is 46.3 Å². The maximum absolute atomic E-state index is 11.9. The first kappa shape index (κ1) is 21.4. The number of hydrogen-bond donors (Lipinski definition) is 2. The van der Waals surface area contributed by atoms with Gasteiger partial charge in [-0.25, -0.2) is 9.59 Å². The predicted octanol–water partition coefficient (Wildman–Crippen LogP) is 2.37. The summed E-state index contributed by atoms with van der Waals surface area (Å²) >= 11 is 0. The molecule has 1 rings (SSSR count). The molecule has 0 saturated heterocycles. The molecule has 1 atom stereocenters. The van der Waals surface area contributed by atoms with Crippen LogP contribution < -0.4 is 4.74 Å². The average Bonchev–Trinajstić information content (AvgIpc) is 2.57. The molecule has 7 heteroatoms. The molecule has 1 aromatic carbocycles. The molecule has 0 aliphatic heterocycles. The molecule has 0 spiro atoms. The second kappa shape index (κ2) is 8.62. The topological polar surface area (TPSA) is 110 Å². The van der Waals surface area contributed by atoms with E-state index in [9.17, 15) is 19.5 Å². The number of carboxylic acids is 1. The molecule has 7 nitrogen and oxygen atoms in total. The highest BCUT2D eigenvalue weighted by atomic mass is 16.6. The van der Waals surface area contributed by atoms with Crippen LogP contribution in [0.4, 0.5) is 0 Å². The van der Waals surface area contributed by atoms with Crippen LogP contribution in [0.3, 0.4) is 0 Å². The zero-order chi connectivity index (χ0) is 20.1. The summed E-state index contributed by atoms with van der Waals surface area (Å²) < 4.78 is 10.6. The summed E-state index contributed by atoms with van der Waals surface area (Å²) in [4.78, 5) is 34.6. The number of carboxylic acid groups (broad SMARTS) is 1. The minimum atomic E-state index is -1.46. The Morgan fingerprint density at radius 2 is 1.62 bits per heavy atom. The van der Waals surface area contributed by atoms with Gasteiger partial charge >= 0.3 is 11.9 Å². The number of ether oxygens (including phenoxy) is 2. The van der Waals surface area contributed by atoms with Crippen molar-refractivity contribution >= 4 is 17.7 Å². The fourth-order valence-corrected chi connectivity index (χ4v) is 1.92. The van der Waals surface area contributed by atoms with Gasteiger partial charge in [0.1, 0.15) is 24.1 Å². The second-order valence-electron chi connectivity index (χ2n) is 6.49.